The Morgan fingerprint density at radius 2 is 1.83 bits per heavy atom. The molecule has 1 unspecified atom stereocenters. The molecule has 0 radical (unpaired) electrons. The molecule has 1 atom stereocenters. The Morgan fingerprint density at radius 3 is 2.67 bits per heavy atom. The smallest absolute Gasteiger partial charge is 0.123 e. The molecule has 0 spiro atoms. The number of halogens is 1. The van der Waals surface area contributed by atoms with Gasteiger partial charge in [-0.1, -0.05) is 58.4 Å². The van der Waals surface area contributed by atoms with Gasteiger partial charge in [0.1, 0.15) is 5.75 Å². The number of ether oxygens (including phenoxy) is 1. The summed E-state index contributed by atoms with van der Waals surface area (Å²) in [5.41, 5.74) is 4.14. The zero-order valence-electron chi connectivity index (χ0n) is 10.1. The first-order chi connectivity index (χ1) is 8.88. The zero-order chi connectivity index (χ0) is 12.4. The first-order valence-electron chi connectivity index (χ1n) is 6.23. The van der Waals surface area contributed by atoms with Gasteiger partial charge in [-0.15, -0.1) is 0 Å². The van der Waals surface area contributed by atoms with Crippen LogP contribution < -0.4 is 4.74 Å². The number of para-hydroxylation sites is 1. The number of hydrogen-bond acceptors (Lipinski definition) is 1. The van der Waals surface area contributed by atoms with Gasteiger partial charge in [0, 0.05) is 16.8 Å². The van der Waals surface area contributed by atoms with Crippen LogP contribution in [0.15, 0.2) is 48.5 Å². The van der Waals surface area contributed by atoms with Crippen LogP contribution >= 0.6 is 15.9 Å². The summed E-state index contributed by atoms with van der Waals surface area (Å²) in [5.74, 6) is 1.56. The lowest BCUT2D eigenvalue weighted by Gasteiger charge is -2.30. The number of benzene rings is 2. The Balaban J connectivity index is 1.67. The topological polar surface area (TPSA) is 9.23 Å². The van der Waals surface area contributed by atoms with Gasteiger partial charge in [0.25, 0.3) is 0 Å². The fourth-order valence-electron chi connectivity index (χ4n) is 2.46. The molecule has 3 rings (SSSR count). The molecule has 0 bridgehead atoms. The van der Waals surface area contributed by atoms with E-state index in [2.05, 4.69) is 46.3 Å². The van der Waals surface area contributed by atoms with Crippen LogP contribution in [-0.2, 0) is 11.8 Å². The number of hydrogen-bond donors (Lipinski definition) is 0. The molecular formula is C16H15BrO. The van der Waals surface area contributed by atoms with E-state index in [1.54, 1.807) is 0 Å². The third kappa shape index (κ3) is 2.17. The van der Waals surface area contributed by atoms with E-state index in [1.807, 2.05) is 18.2 Å². The molecule has 0 heterocycles. The fraction of sp³-hybridized carbons (Fsp3) is 0.250. The van der Waals surface area contributed by atoms with Crippen molar-refractivity contribution >= 4 is 15.9 Å². The molecule has 0 amide bonds. The lowest BCUT2D eigenvalue weighted by atomic mass is 9.78. The highest BCUT2D eigenvalue weighted by atomic mass is 79.9. The predicted molar refractivity (Wildman–Crippen MR) is 77.5 cm³/mol. The molecule has 2 heteroatoms. The molecule has 0 saturated carbocycles. The molecule has 0 aliphatic heterocycles. The highest BCUT2D eigenvalue weighted by Crippen LogP contribution is 2.35. The first kappa shape index (κ1) is 11.8. The first-order valence-corrected chi connectivity index (χ1v) is 7.35. The Bertz CT molecular complexity index is 550. The van der Waals surface area contributed by atoms with Crippen molar-refractivity contribution in [3.63, 3.8) is 0 Å². The second-order valence-corrected chi connectivity index (χ2v) is 5.21. The van der Waals surface area contributed by atoms with Gasteiger partial charge in [0.15, 0.2) is 0 Å². The Kier molecular flexibility index (Phi) is 3.37. The SMILES string of the molecule is BrCc1ccccc1OCC1Cc2ccccc21. The monoisotopic (exact) mass is 302 g/mol. The van der Waals surface area contributed by atoms with Crippen molar-refractivity contribution in [2.24, 2.45) is 0 Å². The normalized spacial score (nSPS) is 16.8. The quantitative estimate of drug-likeness (QED) is 0.765. The van der Waals surface area contributed by atoms with Crippen molar-refractivity contribution in [3.05, 3.63) is 65.2 Å². The average molecular weight is 303 g/mol. The summed E-state index contributed by atoms with van der Waals surface area (Å²) >= 11 is 3.49. The van der Waals surface area contributed by atoms with Gasteiger partial charge in [-0.05, 0) is 23.6 Å². The van der Waals surface area contributed by atoms with Crippen molar-refractivity contribution < 1.29 is 4.74 Å². The van der Waals surface area contributed by atoms with Crippen LogP contribution in [0.2, 0.25) is 0 Å². The largest absolute Gasteiger partial charge is 0.493 e. The average Bonchev–Trinajstić information content (AvgIpc) is 2.40. The van der Waals surface area contributed by atoms with Crippen LogP contribution in [0, 0.1) is 0 Å². The van der Waals surface area contributed by atoms with E-state index >= 15 is 0 Å². The van der Waals surface area contributed by atoms with Gasteiger partial charge < -0.3 is 4.74 Å². The van der Waals surface area contributed by atoms with E-state index < -0.39 is 0 Å². The molecule has 92 valence electrons. The summed E-state index contributed by atoms with van der Waals surface area (Å²) in [6, 6.07) is 16.8. The summed E-state index contributed by atoms with van der Waals surface area (Å²) in [6.07, 6.45) is 1.15. The van der Waals surface area contributed by atoms with Crippen LogP contribution in [0.5, 0.6) is 5.75 Å². The molecule has 18 heavy (non-hydrogen) atoms. The van der Waals surface area contributed by atoms with Gasteiger partial charge >= 0.3 is 0 Å². The van der Waals surface area contributed by atoms with E-state index in [9.17, 15) is 0 Å². The number of rotatable bonds is 4. The molecule has 1 aliphatic carbocycles. The van der Waals surface area contributed by atoms with Gasteiger partial charge in [0.05, 0.1) is 6.61 Å². The Morgan fingerprint density at radius 1 is 1.06 bits per heavy atom. The third-order valence-electron chi connectivity index (χ3n) is 3.52. The van der Waals surface area contributed by atoms with Gasteiger partial charge in [-0.3, -0.25) is 0 Å². The van der Waals surface area contributed by atoms with E-state index in [0.717, 1.165) is 24.1 Å². The van der Waals surface area contributed by atoms with Crippen molar-refractivity contribution in [2.75, 3.05) is 6.61 Å². The number of fused-ring (bicyclic) bond motifs is 1. The summed E-state index contributed by atoms with van der Waals surface area (Å²) in [7, 11) is 0. The molecule has 2 aromatic rings. The predicted octanol–water partition coefficient (Wildman–Crippen LogP) is 4.30. The maximum atomic E-state index is 5.96. The van der Waals surface area contributed by atoms with E-state index in [1.165, 1.54) is 16.7 Å². The van der Waals surface area contributed by atoms with Crippen LogP contribution in [0.3, 0.4) is 0 Å². The third-order valence-corrected chi connectivity index (χ3v) is 4.12. The Hall–Kier alpha value is -1.28. The van der Waals surface area contributed by atoms with Crippen molar-refractivity contribution in [1.82, 2.24) is 0 Å². The summed E-state index contributed by atoms with van der Waals surface area (Å²) < 4.78 is 5.96. The number of alkyl halides is 1. The van der Waals surface area contributed by atoms with E-state index in [-0.39, 0.29) is 0 Å². The molecule has 0 aromatic heterocycles. The summed E-state index contributed by atoms with van der Waals surface area (Å²) in [4.78, 5) is 0. The minimum absolute atomic E-state index is 0.560. The highest BCUT2D eigenvalue weighted by Gasteiger charge is 2.25. The minimum Gasteiger partial charge on any atom is -0.493 e. The van der Waals surface area contributed by atoms with Crippen molar-refractivity contribution in [2.45, 2.75) is 17.7 Å². The fourth-order valence-corrected chi connectivity index (χ4v) is 2.92. The second kappa shape index (κ2) is 5.15. The lowest BCUT2D eigenvalue weighted by molar-refractivity contribution is 0.273. The molecule has 1 nitrogen and oxygen atoms in total. The summed E-state index contributed by atoms with van der Waals surface area (Å²) in [5, 5.41) is 0.838. The van der Waals surface area contributed by atoms with Gasteiger partial charge in [-0.25, -0.2) is 0 Å². The zero-order valence-corrected chi connectivity index (χ0v) is 11.7. The van der Waals surface area contributed by atoms with Crippen LogP contribution in [-0.4, -0.2) is 6.61 Å². The Labute approximate surface area is 116 Å². The van der Waals surface area contributed by atoms with E-state index in [4.69, 9.17) is 4.74 Å². The molecule has 0 saturated heterocycles. The molecule has 0 N–H and O–H groups in total. The van der Waals surface area contributed by atoms with Gasteiger partial charge in [0.2, 0.25) is 0 Å². The second-order valence-electron chi connectivity index (χ2n) is 4.65. The van der Waals surface area contributed by atoms with E-state index in [0.29, 0.717) is 5.92 Å². The van der Waals surface area contributed by atoms with Crippen LogP contribution in [0.25, 0.3) is 0 Å². The maximum Gasteiger partial charge on any atom is 0.123 e. The highest BCUT2D eigenvalue weighted by molar-refractivity contribution is 9.08. The van der Waals surface area contributed by atoms with Crippen LogP contribution in [0.1, 0.15) is 22.6 Å². The van der Waals surface area contributed by atoms with Crippen molar-refractivity contribution in [1.29, 1.82) is 0 Å². The molecular weight excluding hydrogens is 288 g/mol. The van der Waals surface area contributed by atoms with Crippen molar-refractivity contribution in [3.8, 4) is 5.75 Å². The van der Waals surface area contributed by atoms with Gasteiger partial charge in [-0.2, -0.15) is 0 Å². The lowest BCUT2D eigenvalue weighted by Crippen LogP contribution is -2.23. The molecule has 0 fully saturated rings. The summed E-state index contributed by atoms with van der Waals surface area (Å²) in [6.45, 7) is 0.779. The standard InChI is InChI=1S/C16H15BrO/c17-10-13-6-2-4-8-16(13)18-11-14-9-12-5-1-3-7-15(12)14/h1-8,14H,9-11H2. The van der Waals surface area contributed by atoms with Crippen LogP contribution in [0.4, 0.5) is 0 Å². The maximum absolute atomic E-state index is 5.96. The molecule has 1 aliphatic rings. The molecule has 2 aromatic carbocycles. The minimum atomic E-state index is 0.560.